The highest BCUT2D eigenvalue weighted by Gasteiger charge is 2.30. The lowest BCUT2D eigenvalue weighted by Gasteiger charge is -2.34. The van der Waals surface area contributed by atoms with Gasteiger partial charge in [0.05, 0.1) is 24.9 Å². The van der Waals surface area contributed by atoms with Crippen LogP contribution in [0.1, 0.15) is 46.0 Å². The third kappa shape index (κ3) is 4.92. The number of hydrogen-bond donors (Lipinski definition) is 2. The Balaban J connectivity index is 2.48. The van der Waals surface area contributed by atoms with Gasteiger partial charge in [0.25, 0.3) is 0 Å². The molecule has 0 heterocycles. The zero-order chi connectivity index (χ0) is 12.7. The second-order valence-corrected chi connectivity index (χ2v) is 5.25. The molecule has 0 saturated heterocycles. The molecule has 0 radical (unpaired) electrons. The van der Waals surface area contributed by atoms with Crippen molar-refractivity contribution in [2.75, 3.05) is 13.7 Å². The van der Waals surface area contributed by atoms with Gasteiger partial charge in [-0.25, -0.2) is 0 Å². The SMILES string of the molecule is COC(C1CCCCC1)C(COC(C)C)NN. The molecule has 4 nitrogen and oxygen atoms in total. The van der Waals surface area contributed by atoms with E-state index >= 15 is 0 Å². The number of hydrogen-bond acceptors (Lipinski definition) is 4. The van der Waals surface area contributed by atoms with Crippen molar-refractivity contribution in [3.63, 3.8) is 0 Å². The van der Waals surface area contributed by atoms with E-state index in [0.29, 0.717) is 12.5 Å². The first-order valence-electron chi connectivity index (χ1n) is 6.79. The van der Waals surface area contributed by atoms with Gasteiger partial charge in [-0.2, -0.15) is 0 Å². The van der Waals surface area contributed by atoms with Crippen LogP contribution in [0.4, 0.5) is 0 Å². The molecule has 0 bridgehead atoms. The Morgan fingerprint density at radius 3 is 2.35 bits per heavy atom. The van der Waals surface area contributed by atoms with Crippen molar-refractivity contribution in [2.45, 2.75) is 64.2 Å². The van der Waals surface area contributed by atoms with Gasteiger partial charge in [0.2, 0.25) is 0 Å². The van der Waals surface area contributed by atoms with E-state index in [1.165, 1.54) is 32.1 Å². The van der Waals surface area contributed by atoms with Crippen molar-refractivity contribution in [1.29, 1.82) is 0 Å². The first kappa shape index (κ1) is 14.9. The molecule has 0 aromatic carbocycles. The van der Waals surface area contributed by atoms with Crippen molar-refractivity contribution in [1.82, 2.24) is 5.43 Å². The van der Waals surface area contributed by atoms with Gasteiger partial charge in [0.1, 0.15) is 0 Å². The molecule has 2 unspecified atom stereocenters. The molecule has 1 rings (SSSR count). The van der Waals surface area contributed by atoms with E-state index in [9.17, 15) is 0 Å². The largest absolute Gasteiger partial charge is 0.379 e. The van der Waals surface area contributed by atoms with Crippen LogP contribution in [0.25, 0.3) is 0 Å². The van der Waals surface area contributed by atoms with Gasteiger partial charge in [-0.15, -0.1) is 0 Å². The summed E-state index contributed by atoms with van der Waals surface area (Å²) >= 11 is 0. The Kier molecular flexibility index (Phi) is 7.04. The van der Waals surface area contributed by atoms with Crippen molar-refractivity contribution >= 4 is 0 Å². The number of ether oxygens (including phenoxy) is 2. The van der Waals surface area contributed by atoms with Crippen LogP contribution in [0.2, 0.25) is 0 Å². The van der Waals surface area contributed by atoms with Crippen LogP contribution in [0.15, 0.2) is 0 Å². The second kappa shape index (κ2) is 8.03. The van der Waals surface area contributed by atoms with E-state index in [-0.39, 0.29) is 18.2 Å². The molecular formula is C13H28N2O2. The molecule has 1 aliphatic carbocycles. The summed E-state index contributed by atoms with van der Waals surface area (Å²) in [6.45, 7) is 4.69. The Labute approximate surface area is 105 Å². The van der Waals surface area contributed by atoms with Gasteiger partial charge >= 0.3 is 0 Å². The predicted molar refractivity (Wildman–Crippen MR) is 69.6 cm³/mol. The molecule has 3 N–H and O–H groups in total. The molecule has 0 aromatic heterocycles. The Hall–Kier alpha value is -0.160. The van der Waals surface area contributed by atoms with Crippen LogP contribution in [-0.4, -0.2) is 32.0 Å². The summed E-state index contributed by atoms with van der Waals surface area (Å²) in [4.78, 5) is 0. The summed E-state index contributed by atoms with van der Waals surface area (Å²) < 4.78 is 11.3. The Morgan fingerprint density at radius 2 is 1.88 bits per heavy atom. The van der Waals surface area contributed by atoms with Crippen LogP contribution in [0.3, 0.4) is 0 Å². The maximum atomic E-state index is 5.65. The second-order valence-electron chi connectivity index (χ2n) is 5.25. The van der Waals surface area contributed by atoms with Crippen LogP contribution < -0.4 is 11.3 Å². The molecule has 1 fully saturated rings. The third-order valence-corrected chi connectivity index (χ3v) is 3.61. The van der Waals surface area contributed by atoms with Crippen LogP contribution in [0, 0.1) is 5.92 Å². The molecule has 2 atom stereocenters. The minimum absolute atomic E-state index is 0.0884. The maximum Gasteiger partial charge on any atom is 0.0788 e. The molecule has 17 heavy (non-hydrogen) atoms. The summed E-state index contributed by atoms with van der Waals surface area (Å²) in [5.74, 6) is 6.25. The zero-order valence-corrected chi connectivity index (χ0v) is 11.4. The highest BCUT2D eigenvalue weighted by Crippen LogP contribution is 2.29. The van der Waals surface area contributed by atoms with Crippen molar-refractivity contribution in [3.05, 3.63) is 0 Å². The van der Waals surface area contributed by atoms with Gasteiger partial charge in [-0.1, -0.05) is 19.3 Å². The average Bonchev–Trinajstić information content (AvgIpc) is 2.35. The Morgan fingerprint density at radius 1 is 1.24 bits per heavy atom. The van der Waals surface area contributed by atoms with E-state index < -0.39 is 0 Å². The molecule has 1 saturated carbocycles. The fourth-order valence-electron chi connectivity index (χ4n) is 2.68. The normalized spacial score (nSPS) is 21.7. The average molecular weight is 244 g/mol. The van der Waals surface area contributed by atoms with Gasteiger partial charge in [0, 0.05) is 7.11 Å². The summed E-state index contributed by atoms with van der Waals surface area (Å²) in [5.41, 5.74) is 2.86. The topological polar surface area (TPSA) is 56.5 Å². The van der Waals surface area contributed by atoms with Gasteiger partial charge in [0.15, 0.2) is 0 Å². The van der Waals surface area contributed by atoms with E-state index in [0.717, 1.165) is 0 Å². The number of nitrogens with one attached hydrogen (secondary N) is 1. The molecule has 0 aliphatic heterocycles. The molecule has 102 valence electrons. The van der Waals surface area contributed by atoms with E-state index in [1.54, 1.807) is 7.11 Å². The summed E-state index contributed by atoms with van der Waals surface area (Å²) in [5, 5.41) is 0. The van der Waals surface area contributed by atoms with Crippen LogP contribution in [0.5, 0.6) is 0 Å². The number of rotatable bonds is 7. The van der Waals surface area contributed by atoms with Gasteiger partial charge < -0.3 is 9.47 Å². The van der Waals surface area contributed by atoms with E-state index in [2.05, 4.69) is 5.43 Å². The first-order chi connectivity index (χ1) is 8.19. The van der Waals surface area contributed by atoms with Crippen molar-refractivity contribution < 1.29 is 9.47 Å². The maximum absolute atomic E-state index is 5.65. The van der Waals surface area contributed by atoms with Crippen LogP contribution in [-0.2, 0) is 9.47 Å². The molecule has 0 amide bonds. The molecule has 0 aromatic rings. The summed E-state index contributed by atoms with van der Waals surface area (Å²) in [6, 6.07) is 0.0884. The lowest BCUT2D eigenvalue weighted by atomic mass is 9.82. The van der Waals surface area contributed by atoms with E-state index in [4.69, 9.17) is 15.3 Å². The lowest BCUT2D eigenvalue weighted by molar-refractivity contribution is -0.0313. The van der Waals surface area contributed by atoms with Crippen molar-refractivity contribution in [2.24, 2.45) is 11.8 Å². The van der Waals surface area contributed by atoms with E-state index in [1.807, 2.05) is 13.8 Å². The monoisotopic (exact) mass is 244 g/mol. The van der Waals surface area contributed by atoms with Gasteiger partial charge in [-0.05, 0) is 32.6 Å². The number of nitrogens with two attached hydrogens (primary N) is 1. The molecular weight excluding hydrogens is 216 g/mol. The fourth-order valence-corrected chi connectivity index (χ4v) is 2.68. The molecule has 1 aliphatic rings. The summed E-state index contributed by atoms with van der Waals surface area (Å²) in [7, 11) is 1.78. The first-order valence-corrected chi connectivity index (χ1v) is 6.79. The Bertz CT molecular complexity index is 194. The predicted octanol–water partition coefficient (Wildman–Crippen LogP) is 1.84. The number of hydrazine groups is 1. The zero-order valence-electron chi connectivity index (χ0n) is 11.4. The highest BCUT2D eigenvalue weighted by molar-refractivity contribution is 4.83. The molecule has 4 heteroatoms. The van der Waals surface area contributed by atoms with Crippen molar-refractivity contribution in [3.8, 4) is 0 Å². The standard InChI is InChI=1S/C13H28N2O2/c1-10(2)17-9-12(15-14)13(16-3)11-7-5-4-6-8-11/h10-13,15H,4-9,14H2,1-3H3. The van der Waals surface area contributed by atoms with Crippen LogP contribution >= 0.6 is 0 Å². The minimum Gasteiger partial charge on any atom is -0.379 e. The third-order valence-electron chi connectivity index (χ3n) is 3.61. The lowest BCUT2D eigenvalue weighted by Crippen LogP contribution is -2.51. The fraction of sp³-hybridized carbons (Fsp3) is 1.00. The highest BCUT2D eigenvalue weighted by atomic mass is 16.5. The quantitative estimate of drug-likeness (QED) is 0.530. The smallest absolute Gasteiger partial charge is 0.0788 e. The number of methoxy groups -OCH3 is 1. The van der Waals surface area contributed by atoms with Gasteiger partial charge in [-0.3, -0.25) is 11.3 Å². The molecule has 0 spiro atoms. The summed E-state index contributed by atoms with van der Waals surface area (Å²) in [6.07, 6.45) is 6.88. The minimum atomic E-state index is 0.0884.